The smallest absolute Gasteiger partial charge is 0.226 e. The largest absolute Gasteiger partial charge is 0.387 e. The first-order valence-corrected chi connectivity index (χ1v) is 13.8. The molecule has 2 aliphatic heterocycles. The number of aryl methyl sites for hydroxylation is 2. The number of aliphatic hydroxyl groups is 2. The van der Waals surface area contributed by atoms with Crippen LogP contribution < -0.4 is 10.6 Å². The molecule has 17 nitrogen and oxygen atoms in total. The summed E-state index contributed by atoms with van der Waals surface area (Å²) < 4.78 is 15.0. The van der Waals surface area contributed by atoms with Crippen LogP contribution in [0.3, 0.4) is 0 Å². The summed E-state index contributed by atoms with van der Waals surface area (Å²) in [7, 11) is 1.93. The van der Waals surface area contributed by atoms with Gasteiger partial charge in [0, 0.05) is 52.4 Å². The molecule has 4 N–H and O–H groups in total. The zero-order valence-corrected chi connectivity index (χ0v) is 23.0. The van der Waals surface area contributed by atoms with Crippen molar-refractivity contribution in [2.45, 2.75) is 44.4 Å². The van der Waals surface area contributed by atoms with Gasteiger partial charge in [0.1, 0.15) is 12.2 Å². The van der Waals surface area contributed by atoms with Crippen LogP contribution in [0.2, 0.25) is 0 Å². The van der Waals surface area contributed by atoms with Crippen LogP contribution in [0.4, 0.5) is 11.8 Å². The second kappa shape index (κ2) is 12.0. The second-order valence-electron chi connectivity index (χ2n) is 10.1. The molecule has 0 unspecified atom stereocenters. The molecule has 0 bridgehead atoms. The molecule has 0 aromatic carbocycles. The Hall–Kier alpha value is -3.77. The van der Waals surface area contributed by atoms with Crippen LogP contribution in [0.15, 0.2) is 18.9 Å². The number of morpholine rings is 1. The van der Waals surface area contributed by atoms with Crippen LogP contribution in [0.1, 0.15) is 30.8 Å². The number of aliphatic hydroxyl groups excluding tert-OH is 2. The van der Waals surface area contributed by atoms with Gasteiger partial charge in [0.15, 0.2) is 29.3 Å². The van der Waals surface area contributed by atoms with E-state index in [0.29, 0.717) is 49.0 Å². The molecule has 0 aliphatic carbocycles. The number of nitrogens with one attached hydrogen (secondary N) is 2. The van der Waals surface area contributed by atoms with Gasteiger partial charge in [-0.15, -0.1) is 10.2 Å². The van der Waals surface area contributed by atoms with E-state index in [1.165, 1.54) is 11.1 Å². The number of ether oxygens (including phenoxy) is 2. The summed E-state index contributed by atoms with van der Waals surface area (Å²) in [5.41, 5.74) is 1.91. The van der Waals surface area contributed by atoms with E-state index in [1.54, 1.807) is 10.9 Å². The molecule has 4 aromatic rings. The summed E-state index contributed by atoms with van der Waals surface area (Å²) in [6, 6.07) is 0. The fraction of sp³-hybridized carbons (Fsp3) is 0.625. The summed E-state index contributed by atoms with van der Waals surface area (Å²) in [5.74, 6) is 1.14. The molecule has 0 amide bonds. The van der Waals surface area contributed by atoms with Crippen LogP contribution in [0.25, 0.3) is 11.2 Å². The number of anilines is 2. The predicted octanol–water partition coefficient (Wildman–Crippen LogP) is -1.04. The molecule has 6 heterocycles. The third kappa shape index (κ3) is 5.84. The lowest BCUT2D eigenvalue weighted by Crippen LogP contribution is -2.39. The van der Waals surface area contributed by atoms with E-state index in [2.05, 4.69) is 40.9 Å². The van der Waals surface area contributed by atoms with E-state index in [0.717, 1.165) is 38.5 Å². The lowest BCUT2D eigenvalue weighted by atomic mass is 10.1. The third-order valence-corrected chi connectivity index (χ3v) is 7.19. The normalized spacial score (nSPS) is 23.4. The Kier molecular flexibility index (Phi) is 8.02. The number of hydrogen-bond acceptors (Lipinski definition) is 14. The molecule has 4 aromatic heterocycles. The van der Waals surface area contributed by atoms with E-state index in [9.17, 15) is 10.2 Å². The minimum atomic E-state index is -1.28. The van der Waals surface area contributed by atoms with Crippen LogP contribution in [0.5, 0.6) is 0 Å². The molecular weight excluding hydrogens is 534 g/mol. The van der Waals surface area contributed by atoms with Crippen LogP contribution in [-0.2, 0) is 29.5 Å². The van der Waals surface area contributed by atoms with Gasteiger partial charge in [-0.2, -0.15) is 14.8 Å². The standard InChI is InChI=1S/C24H35N13O4/c1-3-37-32-21(31-33-37)19-17(38)18(39)23(41-19)36-14-28-16-20(25-6-7-35-8-10-40-11-9-35)29-24(30-22(16)36)26-5-4-15-12-34(2)13-27-15/h12-14,17-19,23,38-39H,3-11H2,1-2H3,(H2,25,26,29,30)/t17-,18+,19-,23+/m0/s1. The van der Waals surface area contributed by atoms with Crippen LogP contribution in [0, 0.1) is 0 Å². The Bertz CT molecular complexity index is 1450. The molecule has 4 atom stereocenters. The summed E-state index contributed by atoms with van der Waals surface area (Å²) in [4.78, 5) is 22.1. The number of aromatic nitrogens is 10. The maximum atomic E-state index is 11.0. The average molecular weight is 570 g/mol. The second-order valence-corrected chi connectivity index (χ2v) is 10.1. The van der Waals surface area contributed by atoms with Crippen molar-refractivity contribution in [3.8, 4) is 0 Å². The highest BCUT2D eigenvalue weighted by molar-refractivity contribution is 5.84. The molecule has 220 valence electrons. The zero-order chi connectivity index (χ0) is 28.3. The Balaban J connectivity index is 1.25. The highest BCUT2D eigenvalue weighted by atomic mass is 16.6. The minimum absolute atomic E-state index is 0.197. The van der Waals surface area contributed by atoms with Crippen molar-refractivity contribution in [3.05, 3.63) is 30.4 Å². The Morgan fingerprint density at radius 3 is 2.66 bits per heavy atom. The first-order valence-electron chi connectivity index (χ1n) is 13.8. The highest BCUT2D eigenvalue weighted by Crippen LogP contribution is 2.39. The van der Waals surface area contributed by atoms with Gasteiger partial charge in [-0.1, -0.05) is 0 Å². The van der Waals surface area contributed by atoms with Gasteiger partial charge < -0.3 is 34.9 Å². The maximum absolute atomic E-state index is 11.0. The van der Waals surface area contributed by atoms with Crippen LogP contribution in [-0.4, -0.2) is 123 Å². The zero-order valence-electron chi connectivity index (χ0n) is 23.0. The van der Waals surface area contributed by atoms with Crippen LogP contribution >= 0.6 is 0 Å². The maximum Gasteiger partial charge on any atom is 0.226 e. The lowest BCUT2D eigenvalue weighted by Gasteiger charge is -2.26. The summed E-state index contributed by atoms with van der Waals surface area (Å²) in [6.07, 6.45) is 1.46. The van der Waals surface area contributed by atoms with Crippen molar-refractivity contribution in [3.63, 3.8) is 0 Å². The van der Waals surface area contributed by atoms with Gasteiger partial charge in [0.25, 0.3) is 0 Å². The van der Waals surface area contributed by atoms with E-state index in [1.807, 2.05) is 24.7 Å². The van der Waals surface area contributed by atoms with Gasteiger partial charge in [-0.25, -0.2) is 9.97 Å². The number of nitrogens with zero attached hydrogens (tertiary/aromatic N) is 11. The number of hydrogen-bond donors (Lipinski definition) is 4. The first kappa shape index (κ1) is 27.4. The number of tetrazole rings is 1. The number of imidazole rings is 2. The van der Waals surface area contributed by atoms with Crippen molar-refractivity contribution in [1.29, 1.82) is 0 Å². The molecule has 2 saturated heterocycles. The summed E-state index contributed by atoms with van der Waals surface area (Å²) >= 11 is 0. The average Bonchev–Trinajstić information content (AvgIpc) is 3.77. The molecule has 2 aliphatic rings. The molecule has 0 saturated carbocycles. The fourth-order valence-electron chi connectivity index (χ4n) is 4.97. The Labute approximate surface area is 235 Å². The van der Waals surface area contributed by atoms with Crippen molar-refractivity contribution < 1.29 is 19.7 Å². The van der Waals surface area contributed by atoms with Gasteiger partial charge >= 0.3 is 0 Å². The van der Waals surface area contributed by atoms with E-state index < -0.39 is 24.5 Å². The summed E-state index contributed by atoms with van der Waals surface area (Å²) in [5, 5.41) is 40.6. The molecule has 17 heteroatoms. The van der Waals surface area contributed by atoms with Gasteiger partial charge in [0.2, 0.25) is 11.8 Å². The Morgan fingerprint density at radius 1 is 1.05 bits per heavy atom. The third-order valence-electron chi connectivity index (χ3n) is 7.19. The first-order chi connectivity index (χ1) is 20.0. The Morgan fingerprint density at radius 2 is 1.90 bits per heavy atom. The lowest BCUT2D eigenvalue weighted by molar-refractivity contribution is -0.0384. The minimum Gasteiger partial charge on any atom is -0.387 e. The number of fused-ring (bicyclic) bond motifs is 1. The molecule has 0 radical (unpaired) electrons. The van der Waals surface area contributed by atoms with Gasteiger partial charge in [-0.3, -0.25) is 9.47 Å². The summed E-state index contributed by atoms with van der Waals surface area (Å²) in [6.45, 7) is 7.65. The van der Waals surface area contributed by atoms with Crippen molar-refractivity contribution in [1.82, 2.24) is 54.2 Å². The van der Waals surface area contributed by atoms with Gasteiger partial charge in [0.05, 0.1) is 38.1 Å². The number of rotatable bonds is 11. The molecule has 2 fully saturated rings. The van der Waals surface area contributed by atoms with E-state index >= 15 is 0 Å². The van der Waals surface area contributed by atoms with E-state index in [-0.39, 0.29) is 5.82 Å². The highest BCUT2D eigenvalue weighted by Gasteiger charge is 2.47. The molecule has 6 rings (SSSR count). The molecular formula is C24H35N13O4. The van der Waals surface area contributed by atoms with Crippen molar-refractivity contribution in [2.75, 3.05) is 56.6 Å². The van der Waals surface area contributed by atoms with Crippen molar-refractivity contribution >= 4 is 22.9 Å². The quantitative estimate of drug-likeness (QED) is 0.171. The van der Waals surface area contributed by atoms with Gasteiger partial charge in [-0.05, 0) is 12.1 Å². The monoisotopic (exact) mass is 569 g/mol. The SMILES string of the molecule is CCn1nnc([C@H]2O[C@@H](n3cnc4c(NCCN5CCOCC5)nc(NCCc5cn(C)cn5)nc43)[C@H](O)[C@@H]2O)n1. The molecule has 0 spiro atoms. The topological polar surface area (TPSA) is 191 Å². The fourth-order valence-corrected chi connectivity index (χ4v) is 4.97. The predicted molar refractivity (Wildman–Crippen MR) is 145 cm³/mol. The molecule has 41 heavy (non-hydrogen) atoms. The van der Waals surface area contributed by atoms with Crippen molar-refractivity contribution in [2.24, 2.45) is 7.05 Å². The van der Waals surface area contributed by atoms with E-state index in [4.69, 9.17) is 19.4 Å².